The molecule has 0 amide bonds. The minimum Gasteiger partial charge on any atom is -0.375 e. The number of anilines is 1. The Balaban J connectivity index is 1.56. The van der Waals surface area contributed by atoms with Crippen LogP contribution in [-0.2, 0) is 14.8 Å². The second-order valence-electron chi connectivity index (χ2n) is 6.37. The van der Waals surface area contributed by atoms with Gasteiger partial charge in [-0.25, -0.2) is 0 Å². The molecule has 0 radical (unpaired) electrons. The van der Waals surface area contributed by atoms with Crippen LogP contribution in [0.2, 0.25) is 0 Å². The van der Waals surface area contributed by atoms with E-state index in [4.69, 9.17) is 4.74 Å². The molecule has 23 heavy (non-hydrogen) atoms. The minimum atomic E-state index is -3.60. The summed E-state index contributed by atoms with van der Waals surface area (Å²) in [6.07, 6.45) is 4.92. The number of para-hydroxylation sites is 1. The molecule has 0 aromatic heterocycles. The highest BCUT2D eigenvalue weighted by Crippen LogP contribution is 2.30. The Morgan fingerprint density at radius 1 is 1.26 bits per heavy atom. The van der Waals surface area contributed by atoms with Crippen molar-refractivity contribution in [1.82, 2.24) is 4.90 Å². The molecule has 124 valence electrons. The summed E-state index contributed by atoms with van der Waals surface area (Å²) >= 11 is 0. The first-order valence-electron chi connectivity index (χ1n) is 8.19. The van der Waals surface area contributed by atoms with Gasteiger partial charge in [-0.1, -0.05) is 25.0 Å². The molecular formula is C16H21N3O3S. The normalized spacial score (nSPS) is 29.8. The molecule has 0 unspecified atom stereocenters. The number of hydrogen-bond donors (Lipinski definition) is 1. The average molecular weight is 335 g/mol. The minimum absolute atomic E-state index is 0.251. The van der Waals surface area contributed by atoms with Crippen molar-refractivity contribution < 1.29 is 13.2 Å². The van der Waals surface area contributed by atoms with Gasteiger partial charge in [-0.2, -0.15) is 8.42 Å². The van der Waals surface area contributed by atoms with Gasteiger partial charge in [0.05, 0.1) is 24.9 Å². The molecule has 2 atom stereocenters. The summed E-state index contributed by atoms with van der Waals surface area (Å²) in [4.78, 5) is 2.57. The number of fused-ring (bicyclic) bond motifs is 2. The van der Waals surface area contributed by atoms with Crippen LogP contribution in [0.4, 0.5) is 5.69 Å². The van der Waals surface area contributed by atoms with E-state index in [1.165, 1.54) is 12.8 Å². The molecule has 0 spiro atoms. The predicted molar refractivity (Wildman–Crippen MR) is 88.3 cm³/mol. The van der Waals surface area contributed by atoms with Crippen molar-refractivity contribution in [2.75, 3.05) is 25.0 Å². The van der Waals surface area contributed by atoms with Crippen molar-refractivity contribution >= 4 is 21.5 Å². The van der Waals surface area contributed by atoms with E-state index < -0.39 is 10.0 Å². The van der Waals surface area contributed by atoms with Gasteiger partial charge in [-0.05, 0) is 25.0 Å². The smallest absolute Gasteiger partial charge is 0.286 e. The molecule has 4 rings (SSSR count). The third-order valence-corrected chi connectivity index (χ3v) is 6.25. The largest absolute Gasteiger partial charge is 0.375 e. The maximum Gasteiger partial charge on any atom is 0.286 e. The number of nitrogens with one attached hydrogen (secondary N) is 1. The lowest BCUT2D eigenvalue weighted by Gasteiger charge is -2.44. The van der Waals surface area contributed by atoms with Crippen LogP contribution in [-0.4, -0.2) is 51.0 Å². The van der Waals surface area contributed by atoms with Gasteiger partial charge >= 0.3 is 0 Å². The number of sulfonamides is 1. The monoisotopic (exact) mass is 335 g/mol. The second-order valence-corrected chi connectivity index (χ2v) is 7.94. The number of nitrogens with zero attached hydrogens (tertiary/aromatic N) is 2. The first kappa shape index (κ1) is 15.1. The standard InChI is InChI=1S/C16H21N3O3S/c20-23(21)15-8-4-1-5-12(15)17-16(18-23)11-19-9-10-22-14-7-3-2-6-13(14)19/h1,4-5,8,13-14H,2-3,6-7,9-11H2,(H,17,18)/t13-,14-/m1/s1. The SMILES string of the molecule is O=S1(=O)N=C(CN2CCO[C@@H]3CCCC[C@H]32)Nc2ccccc21. The first-order chi connectivity index (χ1) is 11.1. The summed E-state index contributed by atoms with van der Waals surface area (Å²) in [6.45, 7) is 2.05. The van der Waals surface area contributed by atoms with E-state index in [0.717, 1.165) is 19.4 Å². The Kier molecular flexibility index (Phi) is 3.87. The molecule has 1 aliphatic carbocycles. The average Bonchev–Trinajstić information content (AvgIpc) is 2.55. The summed E-state index contributed by atoms with van der Waals surface area (Å²) in [6, 6.07) is 7.29. The van der Waals surface area contributed by atoms with Gasteiger partial charge < -0.3 is 10.1 Å². The topological polar surface area (TPSA) is 71.0 Å². The van der Waals surface area contributed by atoms with Crippen LogP contribution in [0.3, 0.4) is 0 Å². The molecule has 1 saturated carbocycles. The van der Waals surface area contributed by atoms with E-state index in [9.17, 15) is 8.42 Å². The van der Waals surface area contributed by atoms with Gasteiger partial charge in [-0.15, -0.1) is 4.40 Å². The van der Waals surface area contributed by atoms with Crippen molar-refractivity contribution in [3.8, 4) is 0 Å². The number of benzene rings is 1. The molecule has 3 aliphatic rings. The van der Waals surface area contributed by atoms with E-state index in [1.807, 2.05) is 6.07 Å². The summed E-state index contributed by atoms with van der Waals surface area (Å²) in [5.41, 5.74) is 0.617. The number of hydrogen-bond acceptors (Lipinski definition) is 5. The Bertz CT molecular complexity index is 730. The van der Waals surface area contributed by atoms with Crippen molar-refractivity contribution in [1.29, 1.82) is 0 Å². The Labute approximate surface area is 136 Å². The molecule has 1 aromatic carbocycles. The zero-order valence-electron chi connectivity index (χ0n) is 12.9. The highest BCUT2D eigenvalue weighted by Gasteiger charge is 2.35. The number of ether oxygens (including phenoxy) is 1. The zero-order valence-corrected chi connectivity index (χ0v) is 13.8. The lowest BCUT2D eigenvalue weighted by molar-refractivity contribution is -0.0827. The third kappa shape index (κ3) is 2.88. The van der Waals surface area contributed by atoms with Crippen molar-refractivity contribution in [2.24, 2.45) is 4.40 Å². The Morgan fingerprint density at radius 3 is 3.00 bits per heavy atom. The fraction of sp³-hybridized carbons (Fsp3) is 0.562. The molecule has 0 bridgehead atoms. The van der Waals surface area contributed by atoms with Gasteiger partial charge in [0.2, 0.25) is 0 Å². The quantitative estimate of drug-likeness (QED) is 0.893. The Morgan fingerprint density at radius 2 is 2.09 bits per heavy atom. The van der Waals surface area contributed by atoms with Gasteiger partial charge in [0.1, 0.15) is 10.7 Å². The molecule has 2 heterocycles. The van der Waals surface area contributed by atoms with Crippen LogP contribution in [0.5, 0.6) is 0 Å². The fourth-order valence-electron chi connectivity index (χ4n) is 3.80. The lowest BCUT2D eigenvalue weighted by atomic mass is 9.90. The molecular weight excluding hydrogens is 314 g/mol. The molecule has 1 aromatic rings. The van der Waals surface area contributed by atoms with E-state index in [-0.39, 0.29) is 11.0 Å². The summed E-state index contributed by atoms with van der Waals surface area (Å²) in [5.74, 6) is 0.509. The lowest BCUT2D eigenvalue weighted by Crippen LogP contribution is -2.54. The van der Waals surface area contributed by atoms with E-state index >= 15 is 0 Å². The molecule has 7 heteroatoms. The number of amidine groups is 1. The van der Waals surface area contributed by atoms with Crippen LogP contribution in [0.15, 0.2) is 33.6 Å². The van der Waals surface area contributed by atoms with E-state index in [0.29, 0.717) is 30.7 Å². The van der Waals surface area contributed by atoms with E-state index in [2.05, 4.69) is 14.6 Å². The van der Waals surface area contributed by atoms with Crippen LogP contribution in [0.25, 0.3) is 0 Å². The number of rotatable bonds is 2. The van der Waals surface area contributed by atoms with Gasteiger partial charge in [0.25, 0.3) is 10.0 Å². The maximum absolute atomic E-state index is 12.3. The first-order valence-corrected chi connectivity index (χ1v) is 9.63. The van der Waals surface area contributed by atoms with Gasteiger partial charge in [0, 0.05) is 12.6 Å². The van der Waals surface area contributed by atoms with Crippen molar-refractivity contribution in [2.45, 2.75) is 42.7 Å². The Hall–Kier alpha value is -1.44. The summed E-state index contributed by atoms with van der Waals surface area (Å²) in [5, 5.41) is 3.18. The molecule has 2 aliphatic heterocycles. The van der Waals surface area contributed by atoms with Crippen LogP contribution >= 0.6 is 0 Å². The number of morpholine rings is 1. The zero-order chi connectivity index (χ0) is 15.9. The van der Waals surface area contributed by atoms with E-state index in [1.54, 1.807) is 18.2 Å². The molecule has 2 fully saturated rings. The fourth-order valence-corrected chi connectivity index (χ4v) is 4.94. The molecule has 6 nitrogen and oxygen atoms in total. The predicted octanol–water partition coefficient (Wildman–Crippen LogP) is 1.84. The maximum atomic E-state index is 12.3. The second kappa shape index (κ2) is 5.89. The van der Waals surface area contributed by atoms with Crippen LogP contribution < -0.4 is 5.32 Å². The van der Waals surface area contributed by atoms with Crippen molar-refractivity contribution in [3.63, 3.8) is 0 Å². The molecule has 1 N–H and O–H groups in total. The van der Waals surface area contributed by atoms with Crippen LogP contribution in [0, 0.1) is 0 Å². The van der Waals surface area contributed by atoms with Gasteiger partial charge in [-0.3, -0.25) is 4.90 Å². The summed E-state index contributed by atoms with van der Waals surface area (Å²) in [7, 11) is -3.60. The van der Waals surface area contributed by atoms with Crippen molar-refractivity contribution in [3.05, 3.63) is 24.3 Å². The highest BCUT2D eigenvalue weighted by atomic mass is 32.2. The highest BCUT2D eigenvalue weighted by molar-refractivity contribution is 7.90. The van der Waals surface area contributed by atoms with Crippen LogP contribution in [0.1, 0.15) is 25.7 Å². The summed E-state index contributed by atoms with van der Waals surface area (Å²) < 4.78 is 34.5. The molecule has 1 saturated heterocycles. The third-order valence-electron chi connectivity index (χ3n) is 4.87. The van der Waals surface area contributed by atoms with Gasteiger partial charge in [0.15, 0.2) is 0 Å².